The quantitative estimate of drug-likeness (QED) is 0.827. The Labute approximate surface area is 128 Å². The molecule has 0 bridgehead atoms. The number of nitrogens with zero attached hydrogens (tertiary/aromatic N) is 2. The number of hydrogen-bond acceptors (Lipinski definition) is 6. The van der Waals surface area contributed by atoms with E-state index in [-0.39, 0.29) is 19.0 Å². The molecule has 0 aliphatic heterocycles. The van der Waals surface area contributed by atoms with Gasteiger partial charge in [-0.05, 0) is 40.5 Å². The lowest BCUT2D eigenvalue weighted by molar-refractivity contribution is 0.115. The number of anilines is 1. The molecule has 0 fully saturated rings. The van der Waals surface area contributed by atoms with E-state index in [9.17, 15) is 9.50 Å². The zero-order chi connectivity index (χ0) is 14.5. The molecular weight excluding hydrogens is 349 g/mol. The molecule has 2 aromatic rings. The van der Waals surface area contributed by atoms with Crippen LogP contribution in [0.15, 0.2) is 22.8 Å². The van der Waals surface area contributed by atoms with Gasteiger partial charge in [0.25, 0.3) is 0 Å². The minimum atomic E-state index is -0.708. The first-order chi connectivity index (χ1) is 9.56. The lowest BCUT2D eigenvalue weighted by Crippen LogP contribution is -2.26. The van der Waals surface area contributed by atoms with E-state index in [1.807, 2.05) is 0 Å². The first-order valence-corrected chi connectivity index (χ1v) is 7.36. The number of nitrogens with one attached hydrogen (secondary N) is 1. The molecule has 0 saturated heterocycles. The van der Waals surface area contributed by atoms with E-state index in [2.05, 4.69) is 30.0 Å². The number of aromatic nitrogens is 2. The number of rotatable bonds is 6. The van der Waals surface area contributed by atoms with Gasteiger partial charge in [0.1, 0.15) is 24.7 Å². The molecule has 0 aliphatic carbocycles. The molecule has 8 heteroatoms. The summed E-state index contributed by atoms with van der Waals surface area (Å²) in [6.45, 7) is 2.19. The van der Waals surface area contributed by atoms with Crippen LogP contribution in [0.3, 0.4) is 0 Å². The zero-order valence-corrected chi connectivity index (χ0v) is 13.0. The first kappa shape index (κ1) is 15.1. The van der Waals surface area contributed by atoms with Gasteiger partial charge in [0, 0.05) is 12.2 Å². The molecule has 1 aromatic heterocycles. The Balaban J connectivity index is 1.84. The highest BCUT2D eigenvalue weighted by Crippen LogP contribution is 2.24. The van der Waals surface area contributed by atoms with Gasteiger partial charge in [-0.1, -0.05) is 0 Å². The summed E-state index contributed by atoms with van der Waals surface area (Å²) in [7, 11) is 0. The second-order valence-corrected chi connectivity index (χ2v) is 5.58. The fraction of sp³-hybridized carbons (Fsp3) is 0.333. The van der Waals surface area contributed by atoms with E-state index in [4.69, 9.17) is 4.74 Å². The normalized spacial score (nSPS) is 12.2. The highest BCUT2D eigenvalue weighted by atomic mass is 79.9. The first-order valence-electron chi connectivity index (χ1n) is 5.84. The minimum absolute atomic E-state index is 0.111. The molecule has 0 amide bonds. The topological polar surface area (TPSA) is 67.3 Å². The summed E-state index contributed by atoms with van der Waals surface area (Å²) in [4.78, 5) is 0. The smallest absolute Gasteiger partial charge is 0.245 e. The molecule has 0 saturated carbocycles. The summed E-state index contributed by atoms with van der Waals surface area (Å²) in [6, 6.07) is 3.07. The number of ether oxygens (including phenoxy) is 1. The summed E-state index contributed by atoms with van der Waals surface area (Å²) in [6.07, 6.45) is 0.784. The summed E-state index contributed by atoms with van der Waals surface area (Å²) in [5.41, 5.74) is 1.52. The number of aliphatic hydroxyl groups is 1. The van der Waals surface area contributed by atoms with Crippen molar-refractivity contribution in [2.75, 3.05) is 18.5 Å². The number of benzene rings is 1. The van der Waals surface area contributed by atoms with Gasteiger partial charge in [-0.3, -0.25) is 0 Å². The van der Waals surface area contributed by atoms with Crippen molar-refractivity contribution in [1.29, 1.82) is 0 Å². The van der Waals surface area contributed by atoms with Crippen molar-refractivity contribution in [1.82, 2.24) is 8.75 Å². The van der Waals surface area contributed by atoms with Crippen molar-refractivity contribution in [3.8, 4) is 5.88 Å². The van der Waals surface area contributed by atoms with Crippen molar-refractivity contribution < 1.29 is 14.2 Å². The van der Waals surface area contributed by atoms with Gasteiger partial charge >= 0.3 is 0 Å². The van der Waals surface area contributed by atoms with Crippen LogP contribution in [0.4, 0.5) is 10.1 Å². The van der Waals surface area contributed by atoms with E-state index in [1.54, 1.807) is 13.0 Å². The predicted molar refractivity (Wildman–Crippen MR) is 78.7 cm³/mol. The van der Waals surface area contributed by atoms with E-state index in [0.29, 0.717) is 10.4 Å². The van der Waals surface area contributed by atoms with Gasteiger partial charge in [0.2, 0.25) is 5.88 Å². The molecule has 1 heterocycles. The predicted octanol–water partition coefficient (Wildman–Crippen LogP) is 2.60. The third-order valence-electron chi connectivity index (χ3n) is 2.56. The van der Waals surface area contributed by atoms with Gasteiger partial charge < -0.3 is 15.2 Å². The van der Waals surface area contributed by atoms with Crippen molar-refractivity contribution in [2.24, 2.45) is 0 Å². The highest BCUT2D eigenvalue weighted by molar-refractivity contribution is 9.10. The van der Waals surface area contributed by atoms with Crippen LogP contribution >= 0.6 is 27.7 Å². The molecule has 108 valence electrons. The van der Waals surface area contributed by atoms with Crippen LogP contribution in [-0.4, -0.2) is 33.1 Å². The van der Waals surface area contributed by atoms with Crippen molar-refractivity contribution >= 4 is 33.3 Å². The van der Waals surface area contributed by atoms with Crippen LogP contribution < -0.4 is 10.1 Å². The zero-order valence-electron chi connectivity index (χ0n) is 10.6. The molecular formula is C12H13BrFN3O2S. The minimum Gasteiger partial charge on any atom is -0.473 e. The Morgan fingerprint density at radius 1 is 1.55 bits per heavy atom. The maximum absolute atomic E-state index is 13.3. The van der Waals surface area contributed by atoms with Gasteiger partial charge in [-0.15, -0.1) is 4.37 Å². The molecule has 0 radical (unpaired) electrons. The molecule has 5 nitrogen and oxygen atoms in total. The summed E-state index contributed by atoms with van der Waals surface area (Å²) in [5, 5.41) is 12.9. The van der Waals surface area contributed by atoms with Crippen molar-refractivity contribution in [3.63, 3.8) is 0 Å². The molecule has 1 aromatic carbocycles. The number of halogens is 2. The number of aliphatic hydroxyl groups excluding tert-OH is 1. The lowest BCUT2D eigenvalue weighted by Gasteiger charge is -2.14. The van der Waals surface area contributed by atoms with Crippen LogP contribution in [0.25, 0.3) is 0 Å². The number of aryl methyl sites for hydroxylation is 1. The van der Waals surface area contributed by atoms with Crippen LogP contribution in [0.1, 0.15) is 5.56 Å². The average Bonchev–Trinajstić information content (AvgIpc) is 2.92. The fourth-order valence-corrected chi connectivity index (χ4v) is 2.23. The van der Waals surface area contributed by atoms with Gasteiger partial charge in [-0.2, -0.15) is 4.37 Å². The maximum atomic E-state index is 13.3. The third-order valence-corrected chi connectivity index (χ3v) is 3.63. The van der Waals surface area contributed by atoms with E-state index >= 15 is 0 Å². The Kier molecular flexibility index (Phi) is 5.27. The van der Waals surface area contributed by atoms with Gasteiger partial charge in [-0.25, -0.2) is 4.39 Å². The van der Waals surface area contributed by atoms with Crippen molar-refractivity contribution in [3.05, 3.63) is 34.2 Å². The van der Waals surface area contributed by atoms with Gasteiger partial charge in [0.05, 0.1) is 16.2 Å². The monoisotopic (exact) mass is 361 g/mol. The molecule has 0 spiro atoms. The standard InChI is InChI=1S/C12H13BrFN3O2S/c1-7-2-10(14)9(13)3-11(7)15-4-8(18)6-19-12-5-16-20-17-12/h2-3,5,8,15,18H,4,6H2,1H3. The molecule has 2 rings (SSSR count). The Morgan fingerprint density at radius 2 is 2.35 bits per heavy atom. The molecule has 1 unspecified atom stereocenters. The summed E-state index contributed by atoms with van der Waals surface area (Å²) >= 11 is 4.17. The average molecular weight is 362 g/mol. The number of hydrogen-bond donors (Lipinski definition) is 2. The molecule has 2 N–H and O–H groups in total. The fourth-order valence-electron chi connectivity index (χ4n) is 1.52. The highest BCUT2D eigenvalue weighted by Gasteiger charge is 2.09. The van der Waals surface area contributed by atoms with Crippen LogP contribution in [0.5, 0.6) is 5.88 Å². The van der Waals surface area contributed by atoms with E-state index in [1.165, 1.54) is 12.3 Å². The van der Waals surface area contributed by atoms with Crippen LogP contribution in [0, 0.1) is 12.7 Å². The molecule has 20 heavy (non-hydrogen) atoms. The second-order valence-electron chi connectivity index (χ2n) is 4.17. The summed E-state index contributed by atoms with van der Waals surface area (Å²) in [5.74, 6) is 0.0859. The molecule has 1 atom stereocenters. The largest absolute Gasteiger partial charge is 0.473 e. The van der Waals surface area contributed by atoms with Crippen LogP contribution in [-0.2, 0) is 0 Å². The second kappa shape index (κ2) is 6.96. The van der Waals surface area contributed by atoms with Gasteiger partial charge in [0.15, 0.2) is 0 Å². The lowest BCUT2D eigenvalue weighted by atomic mass is 10.2. The van der Waals surface area contributed by atoms with E-state index in [0.717, 1.165) is 23.0 Å². The molecule has 0 aliphatic rings. The Bertz CT molecular complexity index is 568. The van der Waals surface area contributed by atoms with E-state index < -0.39 is 6.10 Å². The third kappa shape index (κ3) is 4.12. The Hall–Kier alpha value is -1.25. The Morgan fingerprint density at radius 3 is 3.05 bits per heavy atom. The summed E-state index contributed by atoms with van der Waals surface area (Å²) < 4.78 is 26.6. The maximum Gasteiger partial charge on any atom is 0.245 e. The van der Waals surface area contributed by atoms with Crippen molar-refractivity contribution in [2.45, 2.75) is 13.0 Å². The van der Waals surface area contributed by atoms with Crippen LogP contribution in [0.2, 0.25) is 0 Å². The SMILES string of the molecule is Cc1cc(F)c(Br)cc1NCC(O)COc1cnsn1.